The molecule has 0 unspecified atom stereocenters. The monoisotopic (exact) mass is 197 g/mol. The van der Waals surface area contributed by atoms with Crippen molar-refractivity contribution in [2.45, 2.75) is 0 Å². The summed E-state index contributed by atoms with van der Waals surface area (Å²) in [6, 6.07) is 4.48. The van der Waals surface area contributed by atoms with Gasteiger partial charge in [-0.2, -0.15) is 0 Å². The summed E-state index contributed by atoms with van der Waals surface area (Å²) in [6.07, 6.45) is 0. The molecule has 1 N–H and O–H groups in total. The van der Waals surface area contributed by atoms with Crippen molar-refractivity contribution in [1.29, 1.82) is 0 Å². The van der Waals surface area contributed by atoms with E-state index in [0.717, 1.165) is 0 Å². The van der Waals surface area contributed by atoms with Gasteiger partial charge in [-0.3, -0.25) is 9.78 Å². The number of rotatable bonds is 0. The van der Waals surface area contributed by atoms with Gasteiger partial charge in [0, 0.05) is 11.1 Å². The maximum atomic E-state index is 11.2. The van der Waals surface area contributed by atoms with E-state index in [9.17, 15) is 9.59 Å². The van der Waals surface area contributed by atoms with Crippen molar-refractivity contribution in [1.82, 2.24) is 4.98 Å². The first-order chi connectivity index (χ1) is 6.16. The van der Waals surface area contributed by atoms with Gasteiger partial charge in [0.1, 0.15) is 5.58 Å². The van der Waals surface area contributed by atoms with Gasteiger partial charge in [0.05, 0.1) is 5.39 Å². The molecular weight excluding hydrogens is 194 g/mol. The molecule has 0 saturated heterocycles. The molecule has 0 atom stereocenters. The minimum atomic E-state index is -0.778. The van der Waals surface area contributed by atoms with Gasteiger partial charge < -0.3 is 4.42 Å². The fourth-order valence-electron chi connectivity index (χ4n) is 1.05. The van der Waals surface area contributed by atoms with Crippen LogP contribution in [0.15, 0.2) is 32.2 Å². The Balaban J connectivity index is 3.03. The number of benzene rings is 1. The molecule has 0 radical (unpaired) electrons. The molecule has 0 amide bonds. The number of aromatic amines is 1. The summed E-state index contributed by atoms with van der Waals surface area (Å²) in [4.78, 5) is 23.9. The Bertz CT molecular complexity index is 569. The summed E-state index contributed by atoms with van der Waals surface area (Å²) in [6.45, 7) is 0. The Morgan fingerprint density at radius 1 is 1.31 bits per heavy atom. The highest BCUT2D eigenvalue weighted by Gasteiger charge is 2.02. The first-order valence-corrected chi connectivity index (χ1v) is 3.87. The lowest BCUT2D eigenvalue weighted by atomic mass is 10.2. The van der Waals surface area contributed by atoms with E-state index in [2.05, 4.69) is 0 Å². The maximum absolute atomic E-state index is 11.2. The van der Waals surface area contributed by atoms with Crippen LogP contribution in [0, 0.1) is 0 Å². The summed E-state index contributed by atoms with van der Waals surface area (Å²) >= 11 is 5.65. The molecule has 4 nitrogen and oxygen atoms in total. The molecule has 0 aliphatic rings. The lowest BCUT2D eigenvalue weighted by Crippen LogP contribution is -2.17. The number of hydrogen-bond acceptors (Lipinski definition) is 3. The smallest absolute Gasteiger partial charge is 0.409 e. The average molecular weight is 198 g/mol. The van der Waals surface area contributed by atoms with E-state index < -0.39 is 11.3 Å². The topological polar surface area (TPSA) is 63.1 Å². The minimum absolute atomic E-state index is 0.196. The molecule has 66 valence electrons. The van der Waals surface area contributed by atoms with Crippen molar-refractivity contribution in [2.75, 3.05) is 0 Å². The zero-order chi connectivity index (χ0) is 9.42. The lowest BCUT2D eigenvalue weighted by Gasteiger charge is -1.93. The maximum Gasteiger partial charge on any atom is 0.419 e. The Morgan fingerprint density at radius 3 is 2.85 bits per heavy atom. The van der Waals surface area contributed by atoms with Crippen molar-refractivity contribution >= 4 is 22.6 Å². The second-order valence-electron chi connectivity index (χ2n) is 2.48. The van der Waals surface area contributed by atoms with Crippen molar-refractivity contribution < 1.29 is 4.42 Å². The van der Waals surface area contributed by atoms with Crippen molar-refractivity contribution in [3.8, 4) is 0 Å². The summed E-state index contributed by atoms with van der Waals surface area (Å²) in [5.41, 5.74) is -0.274. The van der Waals surface area contributed by atoms with Crippen molar-refractivity contribution in [3.63, 3.8) is 0 Å². The van der Waals surface area contributed by atoms with E-state index in [1.807, 2.05) is 4.98 Å². The van der Waals surface area contributed by atoms with Crippen LogP contribution in [-0.4, -0.2) is 4.98 Å². The average Bonchev–Trinajstić information content (AvgIpc) is 2.02. The summed E-state index contributed by atoms with van der Waals surface area (Å²) in [5.74, 6) is -0.778. The fraction of sp³-hybridized carbons (Fsp3) is 0. The largest absolute Gasteiger partial charge is 0.419 e. The third-order valence-corrected chi connectivity index (χ3v) is 1.84. The number of H-pyrrole nitrogens is 1. The zero-order valence-corrected chi connectivity index (χ0v) is 7.09. The fourth-order valence-corrected chi connectivity index (χ4v) is 1.22. The lowest BCUT2D eigenvalue weighted by molar-refractivity contribution is 0.528. The van der Waals surface area contributed by atoms with E-state index in [-0.39, 0.29) is 5.58 Å². The molecule has 0 bridgehead atoms. The van der Waals surface area contributed by atoms with E-state index in [0.29, 0.717) is 10.4 Å². The van der Waals surface area contributed by atoms with E-state index in [1.165, 1.54) is 12.1 Å². The van der Waals surface area contributed by atoms with Gasteiger partial charge in [-0.05, 0) is 12.1 Å². The Morgan fingerprint density at radius 2 is 2.08 bits per heavy atom. The van der Waals surface area contributed by atoms with Gasteiger partial charge in [0.2, 0.25) is 0 Å². The van der Waals surface area contributed by atoms with Gasteiger partial charge in [-0.25, -0.2) is 4.79 Å². The normalized spacial score (nSPS) is 10.5. The third-order valence-electron chi connectivity index (χ3n) is 1.61. The molecule has 0 fully saturated rings. The van der Waals surface area contributed by atoms with Crippen LogP contribution in [0.5, 0.6) is 0 Å². The molecule has 2 aromatic rings. The van der Waals surface area contributed by atoms with Crippen LogP contribution in [0.3, 0.4) is 0 Å². The zero-order valence-electron chi connectivity index (χ0n) is 6.33. The van der Waals surface area contributed by atoms with Crippen LogP contribution in [-0.2, 0) is 0 Å². The second-order valence-corrected chi connectivity index (χ2v) is 2.92. The molecule has 0 spiro atoms. The number of aromatic nitrogens is 1. The third kappa shape index (κ3) is 1.36. The predicted octanol–water partition coefficient (Wildman–Crippen LogP) is 1.13. The minimum Gasteiger partial charge on any atom is -0.409 e. The molecular formula is C8H4ClNO3. The van der Waals surface area contributed by atoms with Gasteiger partial charge in [0.15, 0.2) is 0 Å². The molecule has 13 heavy (non-hydrogen) atoms. The van der Waals surface area contributed by atoms with Crippen LogP contribution in [0.2, 0.25) is 5.02 Å². The SMILES string of the molecule is O=c1[nH]c(=O)c2ccc(Cl)cc2o1. The Labute approximate surface area is 76.8 Å². The number of nitrogens with one attached hydrogen (secondary N) is 1. The van der Waals surface area contributed by atoms with Crippen LogP contribution in [0.25, 0.3) is 11.0 Å². The first-order valence-electron chi connectivity index (χ1n) is 3.49. The molecule has 5 heteroatoms. The van der Waals surface area contributed by atoms with E-state index >= 15 is 0 Å². The van der Waals surface area contributed by atoms with Crippen LogP contribution < -0.4 is 11.3 Å². The highest BCUT2D eigenvalue weighted by atomic mass is 35.5. The van der Waals surface area contributed by atoms with Gasteiger partial charge >= 0.3 is 5.76 Å². The highest BCUT2D eigenvalue weighted by Crippen LogP contribution is 2.14. The van der Waals surface area contributed by atoms with Crippen LogP contribution in [0.1, 0.15) is 0 Å². The van der Waals surface area contributed by atoms with E-state index in [4.69, 9.17) is 16.0 Å². The highest BCUT2D eigenvalue weighted by molar-refractivity contribution is 6.31. The molecule has 0 saturated carbocycles. The Kier molecular flexibility index (Phi) is 1.70. The number of fused-ring (bicyclic) bond motifs is 1. The van der Waals surface area contributed by atoms with Gasteiger partial charge in [0.25, 0.3) is 5.56 Å². The quantitative estimate of drug-likeness (QED) is 0.689. The molecule has 1 aromatic heterocycles. The molecule has 0 aliphatic heterocycles. The van der Waals surface area contributed by atoms with Gasteiger partial charge in [-0.1, -0.05) is 11.6 Å². The molecule has 0 aliphatic carbocycles. The van der Waals surface area contributed by atoms with E-state index in [1.54, 1.807) is 6.07 Å². The first kappa shape index (κ1) is 8.07. The van der Waals surface area contributed by atoms with Crippen LogP contribution >= 0.6 is 11.6 Å². The summed E-state index contributed by atoms with van der Waals surface area (Å²) in [7, 11) is 0. The molecule has 1 heterocycles. The van der Waals surface area contributed by atoms with Gasteiger partial charge in [-0.15, -0.1) is 0 Å². The predicted molar refractivity (Wildman–Crippen MR) is 48.1 cm³/mol. The number of halogens is 1. The standard InChI is InChI=1S/C8H4ClNO3/c9-4-1-2-5-6(3-4)13-8(12)10-7(5)11/h1-3H,(H,10,11,12). The molecule has 1 aromatic carbocycles. The van der Waals surface area contributed by atoms with Crippen molar-refractivity contribution in [3.05, 3.63) is 44.1 Å². The summed E-state index contributed by atoms with van der Waals surface area (Å²) in [5, 5.41) is 0.727. The molecule has 2 rings (SSSR count). The Hall–Kier alpha value is -1.55. The van der Waals surface area contributed by atoms with Crippen LogP contribution in [0.4, 0.5) is 0 Å². The number of hydrogen-bond donors (Lipinski definition) is 1. The summed E-state index contributed by atoms with van der Waals surface area (Å²) < 4.78 is 4.73. The van der Waals surface area contributed by atoms with Crippen molar-refractivity contribution in [2.24, 2.45) is 0 Å². The second kappa shape index (κ2) is 2.74.